The van der Waals surface area contributed by atoms with Crippen LogP contribution in [0.3, 0.4) is 0 Å². The number of benzene rings is 1. The fourth-order valence-corrected chi connectivity index (χ4v) is 3.06. The number of hydrogen-bond acceptors (Lipinski definition) is 3. The second-order valence-electron chi connectivity index (χ2n) is 7.27. The van der Waals surface area contributed by atoms with Gasteiger partial charge in [-0.1, -0.05) is 38.1 Å². The third-order valence-electron chi connectivity index (χ3n) is 4.43. The van der Waals surface area contributed by atoms with Crippen molar-refractivity contribution >= 4 is 11.9 Å². The van der Waals surface area contributed by atoms with Crippen LogP contribution < -0.4 is 16.8 Å². The van der Waals surface area contributed by atoms with E-state index < -0.39 is 0 Å². The molecule has 25 heavy (non-hydrogen) atoms. The van der Waals surface area contributed by atoms with Gasteiger partial charge in [-0.3, -0.25) is 9.69 Å². The van der Waals surface area contributed by atoms with Crippen LogP contribution in [0, 0.1) is 11.8 Å². The molecule has 1 fully saturated rings. The van der Waals surface area contributed by atoms with E-state index in [9.17, 15) is 4.79 Å². The van der Waals surface area contributed by atoms with Crippen molar-refractivity contribution < 1.29 is 4.79 Å². The van der Waals surface area contributed by atoms with Crippen molar-refractivity contribution in [3.05, 3.63) is 35.4 Å². The lowest BCUT2D eigenvalue weighted by atomic mass is 9.97. The summed E-state index contributed by atoms with van der Waals surface area (Å²) in [6.07, 6.45) is 1.93. The van der Waals surface area contributed by atoms with Gasteiger partial charge in [-0.2, -0.15) is 0 Å². The zero-order chi connectivity index (χ0) is 18.2. The molecular formula is C19H31N5O. The molecule has 1 aliphatic heterocycles. The van der Waals surface area contributed by atoms with Crippen molar-refractivity contribution in [2.75, 3.05) is 19.6 Å². The summed E-state index contributed by atoms with van der Waals surface area (Å²) in [4.78, 5) is 18.1. The predicted molar refractivity (Wildman–Crippen MR) is 102 cm³/mol. The van der Waals surface area contributed by atoms with E-state index in [0.717, 1.165) is 44.6 Å². The number of aliphatic imine (C=N–C) groups is 1. The molecule has 0 saturated carbocycles. The number of amides is 1. The summed E-state index contributed by atoms with van der Waals surface area (Å²) < 4.78 is 0. The van der Waals surface area contributed by atoms with E-state index in [4.69, 9.17) is 11.5 Å². The average molecular weight is 345 g/mol. The molecule has 0 aromatic heterocycles. The highest BCUT2D eigenvalue weighted by atomic mass is 16.1. The van der Waals surface area contributed by atoms with Crippen molar-refractivity contribution in [2.24, 2.45) is 28.3 Å². The summed E-state index contributed by atoms with van der Waals surface area (Å²) in [7, 11) is 0. The SMILES string of the molecule is CC(C)CNC(N)=NCc1cccc(CN2CCCC(C(N)=O)C2)c1. The number of carbonyl (C=O) groups is 1. The van der Waals surface area contributed by atoms with Crippen molar-refractivity contribution in [2.45, 2.75) is 39.8 Å². The highest BCUT2D eigenvalue weighted by molar-refractivity contribution is 5.77. The van der Waals surface area contributed by atoms with Gasteiger partial charge in [-0.15, -0.1) is 0 Å². The predicted octanol–water partition coefficient (Wildman–Crippen LogP) is 1.44. The molecule has 2 rings (SSSR count). The van der Waals surface area contributed by atoms with Gasteiger partial charge >= 0.3 is 0 Å². The summed E-state index contributed by atoms with van der Waals surface area (Å²) in [5, 5.41) is 3.12. The molecule has 6 nitrogen and oxygen atoms in total. The second-order valence-corrected chi connectivity index (χ2v) is 7.27. The number of nitrogens with zero attached hydrogens (tertiary/aromatic N) is 2. The van der Waals surface area contributed by atoms with Gasteiger partial charge in [0.25, 0.3) is 0 Å². The molecule has 0 spiro atoms. The van der Waals surface area contributed by atoms with Crippen molar-refractivity contribution in [3.63, 3.8) is 0 Å². The minimum absolute atomic E-state index is 0.0200. The molecule has 1 amide bonds. The van der Waals surface area contributed by atoms with Crippen LogP contribution in [0.1, 0.15) is 37.8 Å². The topological polar surface area (TPSA) is 96.7 Å². The number of piperidine rings is 1. The maximum absolute atomic E-state index is 11.4. The Morgan fingerprint density at radius 1 is 1.36 bits per heavy atom. The average Bonchev–Trinajstić information content (AvgIpc) is 2.58. The highest BCUT2D eigenvalue weighted by Crippen LogP contribution is 2.19. The zero-order valence-corrected chi connectivity index (χ0v) is 15.4. The quantitative estimate of drug-likeness (QED) is 0.515. The van der Waals surface area contributed by atoms with Gasteiger partial charge in [0.15, 0.2) is 5.96 Å². The van der Waals surface area contributed by atoms with Gasteiger partial charge in [0.1, 0.15) is 0 Å². The fraction of sp³-hybridized carbons (Fsp3) is 0.579. The molecule has 0 aliphatic carbocycles. The monoisotopic (exact) mass is 345 g/mol. The van der Waals surface area contributed by atoms with Crippen molar-refractivity contribution in [1.82, 2.24) is 10.2 Å². The number of nitrogens with two attached hydrogens (primary N) is 2. The van der Waals surface area contributed by atoms with Crippen LogP contribution in [0.5, 0.6) is 0 Å². The molecular weight excluding hydrogens is 314 g/mol. The van der Waals surface area contributed by atoms with E-state index in [1.807, 2.05) is 6.07 Å². The largest absolute Gasteiger partial charge is 0.370 e. The number of likely N-dealkylation sites (tertiary alicyclic amines) is 1. The molecule has 138 valence electrons. The third-order valence-corrected chi connectivity index (χ3v) is 4.43. The third kappa shape index (κ3) is 6.74. The Labute approximate surface area is 150 Å². The Morgan fingerprint density at radius 3 is 2.84 bits per heavy atom. The first kappa shape index (κ1) is 19.2. The van der Waals surface area contributed by atoms with Crippen LogP contribution in [0.4, 0.5) is 0 Å². The van der Waals surface area contributed by atoms with E-state index >= 15 is 0 Å². The maximum Gasteiger partial charge on any atom is 0.221 e. The molecule has 0 bridgehead atoms. The number of primary amides is 1. The van der Waals surface area contributed by atoms with E-state index in [2.05, 4.69) is 47.3 Å². The number of guanidine groups is 1. The van der Waals surface area contributed by atoms with Crippen molar-refractivity contribution in [1.29, 1.82) is 0 Å². The molecule has 0 radical (unpaired) electrons. The van der Waals surface area contributed by atoms with Crippen LogP contribution in [-0.4, -0.2) is 36.4 Å². The van der Waals surface area contributed by atoms with E-state index in [1.165, 1.54) is 5.56 Å². The van der Waals surface area contributed by atoms with Gasteiger partial charge < -0.3 is 16.8 Å². The second kappa shape index (κ2) is 9.42. The van der Waals surface area contributed by atoms with Crippen LogP contribution >= 0.6 is 0 Å². The number of hydrogen-bond donors (Lipinski definition) is 3. The molecule has 1 saturated heterocycles. The Morgan fingerprint density at radius 2 is 2.12 bits per heavy atom. The van der Waals surface area contributed by atoms with E-state index in [1.54, 1.807) is 0 Å². The van der Waals surface area contributed by atoms with Crippen LogP contribution in [0.15, 0.2) is 29.3 Å². The lowest BCUT2D eigenvalue weighted by molar-refractivity contribution is -0.123. The normalized spacial score (nSPS) is 19.2. The Balaban J connectivity index is 1.90. The van der Waals surface area contributed by atoms with Gasteiger partial charge in [-0.25, -0.2) is 4.99 Å². The molecule has 1 heterocycles. The Bertz CT molecular complexity index is 599. The highest BCUT2D eigenvalue weighted by Gasteiger charge is 2.23. The molecule has 1 aliphatic rings. The Hall–Kier alpha value is -2.08. The zero-order valence-electron chi connectivity index (χ0n) is 15.4. The number of carbonyl (C=O) groups excluding carboxylic acids is 1. The summed E-state index contributed by atoms with van der Waals surface area (Å²) in [5.74, 6) is 0.816. The summed E-state index contributed by atoms with van der Waals surface area (Å²) in [6, 6.07) is 8.38. The van der Waals surface area contributed by atoms with Gasteiger partial charge in [-0.05, 0) is 36.4 Å². The van der Waals surface area contributed by atoms with Crippen LogP contribution in [0.2, 0.25) is 0 Å². The molecule has 1 aromatic carbocycles. The molecule has 1 aromatic rings. The Kier molecular flexibility index (Phi) is 7.25. The first-order valence-electron chi connectivity index (χ1n) is 9.07. The molecule has 6 heteroatoms. The summed E-state index contributed by atoms with van der Waals surface area (Å²) >= 11 is 0. The van der Waals surface area contributed by atoms with E-state index in [0.29, 0.717) is 18.4 Å². The fourth-order valence-electron chi connectivity index (χ4n) is 3.06. The number of nitrogens with one attached hydrogen (secondary N) is 1. The van der Waals surface area contributed by atoms with Crippen molar-refractivity contribution in [3.8, 4) is 0 Å². The minimum Gasteiger partial charge on any atom is -0.370 e. The maximum atomic E-state index is 11.4. The van der Waals surface area contributed by atoms with Crippen LogP contribution in [0.25, 0.3) is 0 Å². The first-order chi connectivity index (χ1) is 11.9. The molecule has 5 N–H and O–H groups in total. The standard InChI is InChI=1S/C19H31N5O/c1-14(2)10-22-19(21)23-11-15-5-3-6-16(9-15)12-24-8-4-7-17(13-24)18(20)25/h3,5-6,9,14,17H,4,7-8,10-13H2,1-2H3,(H2,20,25)(H3,21,22,23). The lowest BCUT2D eigenvalue weighted by Gasteiger charge is -2.31. The molecule has 1 unspecified atom stereocenters. The van der Waals surface area contributed by atoms with Crippen LogP contribution in [-0.2, 0) is 17.9 Å². The van der Waals surface area contributed by atoms with Gasteiger partial charge in [0, 0.05) is 19.6 Å². The van der Waals surface area contributed by atoms with Gasteiger partial charge in [0.05, 0.1) is 12.5 Å². The first-order valence-corrected chi connectivity index (χ1v) is 9.07. The number of rotatable bonds is 7. The summed E-state index contributed by atoms with van der Waals surface area (Å²) in [6.45, 7) is 8.25. The van der Waals surface area contributed by atoms with Gasteiger partial charge in [0.2, 0.25) is 5.91 Å². The smallest absolute Gasteiger partial charge is 0.221 e. The summed E-state index contributed by atoms with van der Waals surface area (Å²) in [5.41, 5.74) is 13.7. The van der Waals surface area contributed by atoms with E-state index in [-0.39, 0.29) is 11.8 Å². The lowest BCUT2D eigenvalue weighted by Crippen LogP contribution is -2.40. The molecule has 1 atom stereocenters. The minimum atomic E-state index is -0.183.